The molecule has 6 heteroatoms. The maximum atomic E-state index is 13.0. The van der Waals surface area contributed by atoms with Gasteiger partial charge in [0, 0.05) is 33.8 Å². The number of carbonyl (C=O) groups is 2. The van der Waals surface area contributed by atoms with Gasteiger partial charge in [-0.05, 0) is 60.6 Å². The van der Waals surface area contributed by atoms with Crippen LogP contribution in [0.1, 0.15) is 48.6 Å². The molecule has 1 heterocycles. The van der Waals surface area contributed by atoms with Gasteiger partial charge >= 0.3 is 5.97 Å². The lowest BCUT2D eigenvalue weighted by Crippen LogP contribution is -2.52. The maximum absolute atomic E-state index is 13.0. The number of ether oxygens (including phenoxy) is 1. The number of nitrogens with one attached hydrogen (secondary N) is 1. The molecule has 0 spiro atoms. The number of amides is 1. The standard InChI is InChI=1S/C24H25Cl2NO3/c1-30-21(28)13-17-12-20(16-3-2-4-19(26)11-16)23(27-24(17)29)22(14-5-6-14)15-7-9-18(25)10-8-15/h2-4,7-11,14,17,20,22-23H,5-6,12-13H2,1H3,(H,27,29)/t17-,20+,22?,23-/m0/s1. The van der Waals surface area contributed by atoms with Gasteiger partial charge in [-0.3, -0.25) is 9.59 Å². The van der Waals surface area contributed by atoms with Gasteiger partial charge in [0.2, 0.25) is 5.91 Å². The number of halogens is 2. The molecule has 1 unspecified atom stereocenters. The summed E-state index contributed by atoms with van der Waals surface area (Å²) in [5.41, 5.74) is 2.27. The largest absolute Gasteiger partial charge is 0.469 e. The van der Waals surface area contributed by atoms with Crippen molar-refractivity contribution in [3.8, 4) is 0 Å². The minimum absolute atomic E-state index is 0.0531. The van der Waals surface area contributed by atoms with Gasteiger partial charge in [-0.1, -0.05) is 47.5 Å². The first-order chi connectivity index (χ1) is 14.5. The molecule has 1 N–H and O–H groups in total. The number of esters is 1. The Morgan fingerprint density at radius 3 is 2.50 bits per heavy atom. The molecule has 1 aliphatic carbocycles. The van der Waals surface area contributed by atoms with E-state index in [0.717, 1.165) is 18.4 Å². The van der Waals surface area contributed by atoms with Crippen LogP contribution in [0.2, 0.25) is 10.0 Å². The monoisotopic (exact) mass is 445 g/mol. The van der Waals surface area contributed by atoms with E-state index in [2.05, 4.69) is 23.5 Å². The first kappa shape index (κ1) is 21.2. The molecule has 1 amide bonds. The summed E-state index contributed by atoms with van der Waals surface area (Å²) in [7, 11) is 1.35. The molecule has 1 saturated heterocycles. The third-order valence-corrected chi connectivity index (χ3v) is 6.83. The molecule has 4 nitrogen and oxygen atoms in total. The lowest BCUT2D eigenvalue weighted by atomic mass is 9.71. The molecular formula is C24H25Cl2NO3. The summed E-state index contributed by atoms with van der Waals surface area (Å²) >= 11 is 12.4. The van der Waals surface area contributed by atoms with E-state index in [0.29, 0.717) is 22.4 Å². The second kappa shape index (κ2) is 8.99. The molecule has 4 atom stereocenters. The Morgan fingerprint density at radius 2 is 1.87 bits per heavy atom. The fourth-order valence-corrected chi connectivity index (χ4v) is 5.06. The molecule has 1 saturated carbocycles. The molecule has 158 valence electrons. The second-order valence-electron chi connectivity index (χ2n) is 8.32. The number of benzene rings is 2. The van der Waals surface area contributed by atoms with E-state index < -0.39 is 5.92 Å². The topological polar surface area (TPSA) is 55.4 Å². The van der Waals surface area contributed by atoms with E-state index in [1.165, 1.54) is 12.7 Å². The van der Waals surface area contributed by atoms with E-state index in [1.807, 2.05) is 30.3 Å². The average molecular weight is 446 g/mol. The number of rotatable bonds is 6. The molecule has 0 aromatic heterocycles. The Kier molecular flexibility index (Phi) is 6.35. The summed E-state index contributed by atoms with van der Waals surface area (Å²) in [4.78, 5) is 24.8. The van der Waals surface area contributed by atoms with Gasteiger partial charge < -0.3 is 10.1 Å². The Labute approximate surface area is 186 Å². The van der Waals surface area contributed by atoms with Crippen molar-refractivity contribution in [2.75, 3.05) is 7.11 Å². The third-order valence-electron chi connectivity index (χ3n) is 6.34. The molecule has 2 aromatic rings. The summed E-state index contributed by atoms with van der Waals surface area (Å²) in [6.07, 6.45) is 2.96. The average Bonchev–Trinajstić information content (AvgIpc) is 3.56. The zero-order valence-corrected chi connectivity index (χ0v) is 18.3. The molecule has 30 heavy (non-hydrogen) atoms. The number of hydrogen-bond acceptors (Lipinski definition) is 3. The summed E-state index contributed by atoms with van der Waals surface area (Å²) in [5.74, 6) is -0.0946. The number of carbonyl (C=O) groups excluding carboxylic acids is 2. The van der Waals surface area contributed by atoms with E-state index in [1.54, 1.807) is 0 Å². The van der Waals surface area contributed by atoms with E-state index in [4.69, 9.17) is 27.9 Å². The lowest BCUT2D eigenvalue weighted by Gasteiger charge is -2.41. The predicted molar refractivity (Wildman–Crippen MR) is 118 cm³/mol. The van der Waals surface area contributed by atoms with Crippen molar-refractivity contribution in [2.45, 2.75) is 43.6 Å². The Hall–Kier alpha value is -2.04. The molecule has 0 bridgehead atoms. The van der Waals surface area contributed by atoms with Crippen LogP contribution in [0, 0.1) is 11.8 Å². The molecular weight excluding hydrogens is 421 g/mol. The summed E-state index contributed by atoms with van der Waals surface area (Å²) in [5, 5.41) is 4.64. The van der Waals surface area contributed by atoms with Gasteiger partial charge in [0.1, 0.15) is 0 Å². The number of methoxy groups -OCH3 is 1. The SMILES string of the molecule is COC(=O)C[C@@H]1C[C@H](c2cccc(Cl)c2)[C@@H](C(c2ccc(Cl)cc2)C2CC2)NC1=O. The first-order valence-electron chi connectivity index (χ1n) is 10.3. The quantitative estimate of drug-likeness (QED) is 0.610. The molecule has 2 aromatic carbocycles. The fraction of sp³-hybridized carbons (Fsp3) is 0.417. The van der Waals surface area contributed by atoms with Crippen molar-refractivity contribution in [1.29, 1.82) is 0 Å². The summed E-state index contributed by atoms with van der Waals surface area (Å²) in [6.45, 7) is 0. The summed E-state index contributed by atoms with van der Waals surface area (Å²) in [6, 6.07) is 15.7. The number of hydrogen-bond donors (Lipinski definition) is 1. The van der Waals surface area contributed by atoms with E-state index in [-0.39, 0.29) is 36.2 Å². The van der Waals surface area contributed by atoms with Gasteiger partial charge in [0.05, 0.1) is 13.5 Å². The zero-order valence-electron chi connectivity index (χ0n) is 16.8. The normalized spacial score (nSPS) is 24.8. The molecule has 2 aliphatic rings. The van der Waals surface area contributed by atoms with Gasteiger partial charge in [-0.15, -0.1) is 0 Å². The maximum Gasteiger partial charge on any atom is 0.306 e. The van der Waals surface area contributed by atoms with Crippen molar-refractivity contribution in [1.82, 2.24) is 5.32 Å². The van der Waals surface area contributed by atoms with Crippen LogP contribution in [0.25, 0.3) is 0 Å². The van der Waals surface area contributed by atoms with Crippen molar-refractivity contribution < 1.29 is 14.3 Å². The van der Waals surface area contributed by atoms with Crippen LogP contribution >= 0.6 is 23.2 Å². The second-order valence-corrected chi connectivity index (χ2v) is 9.20. The van der Waals surface area contributed by atoms with Crippen LogP contribution in [0.3, 0.4) is 0 Å². The highest BCUT2D eigenvalue weighted by atomic mass is 35.5. The van der Waals surface area contributed by atoms with Crippen LogP contribution in [-0.2, 0) is 14.3 Å². The highest BCUT2D eigenvalue weighted by molar-refractivity contribution is 6.30. The predicted octanol–water partition coefficient (Wildman–Crippen LogP) is 5.34. The minimum atomic E-state index is -0.414. The van der Waals surface area contributed by atoms with Crippen LogP contribution < -0.4 is 5.32 Å². The van der Waals surface area contributed by atoms with Gasteiger partial charge in [-0.25, -0.2) is 0 Å². The number of piperidine rings is 1. The van der Waals surface area contributed by atoms with Gasteiger partial charge in [0.15, 0.2) is 0 Å². The van der Waals surface area contributed by atoms with Crippen molar-refractivity contribution in [3.05, 3.63) is 69.7 Å². The van der Waals surface area contributed by atoms with Gasteiger partial charge in [-0.2, -0.15) is 0 Å². The Bertz CT molecular complexity index is 926. The highest BCUT2D eigenvalue weighted by Gasteiger charge is 2.46. The smallest absolute Gasteiger partial charge is 0.306 e. The fourth-order valence-electron chi connectivity index (χ4n) is 4.74. The van der Waals surface area contributed by atoms with Gasteiger partial charge in [0.25, 0.3) is 0 Å². The van der Waals surface area contributed by atoms with Crippen LogP contribution in [0.4, 0.5) is 0 Å². The van der Waals surface area contributed by atoms with Crippen molar-refractivity contribution in [3.63, 3.8) is 0 Å². The van der Waals surface area contributed by atoms with E-state index in [9.17, 15) is 9.59 Å². The van der Waals surface area contributed by atoms with E-state index >= 15 is 0 Å². The lowest BCUT2D eigenvalue weighted by molar-refractivity contribution is -0.145. The molecule has 4 rings (SSSR count). The molecule has 0 radical (unpaired) electrons. The molecule has 1 aliphatic heterocycles. The van der Waals surface area contributed by atoms with Crippen molar-refractivity contribution in [2.24, 2.45) is 11.8 Å². The first-order valence-corrected chi connectivity index (χ1v) is 11.1. The third kappa shape index (κ3) is 4.65. The zero-order chi connectivity index (χ0) is 21.3. The minimum Gasteiger partial charge on any atom is -0.469 e. The summed E-state index contributed by atoms with van der Waals surface area (Å²) < 4.78 is 4.81. The van der Waals surface area contributed by atoms with Crippen LogP contribution in [0.5, 0.6) is 0 Å². The highest BCUT2D eigenvalue weighted by Crippen LogP contribution is 2.50. The van der Waals surface area contributed by atoms with Crippen LogP contribution in [-0.4, -0.2) is 25.0 Å². The Balaban J connectivity index is 1.70. The van der Waals surface area contributed by atoms with Crippen LogP contribution in [0.15, 0.2) is 48.5 Å². The Morgan fingerprint density at radius 1 is 1.13 bits per heavy atom. The molecule has 2 fully saturated rings. The van der Waals surface area contributed by atoms with Crippen molar-refractivity contribution >= 4 is 35.1 Å².